The Labute approximate surface area is 153 Å². The van der Waals surface area contributed by atoms with Gasteiger partial charge in [-0.1, -0.05) is 0 Å². The molecule has 10 heteroatoms. The summed E-state index contributed by atoms with van der Waals surface area (Å²) in [6.45, 7) is 4.15. The van der Waals surface area contributed by atoms with E-state index in [0.29, 0.717) is 48.9 Å². The van der Waals surface area contributed by atoms with Crippen LogP contribution in [0.1, 0.15) is 19.0 Å². The Balaban J connectivity index is 1.64. The number of piperazine rings is 1. The van der Waals surface area contributed by atoms with Crippen LogP contribution in [0.4, 0.5) is 14.6 Å². The molecule has 0 atom stereocenters. The van der Waals surface area contributed by atoms with Gasteiger partial charge < -0.3 is 9.80 Å². The molecule has 0 spiro atoms. The maximum atomic E-state index is 13.0. The first-order chi connectivity index (χ1) is 13.0. The lowest BCUT2D eigenvalue weighted by molar-refractivity contribution is -0.129. The molecule has 0 radical (unpaired) electrons. The second kappa shape index (κ2) is 6.86. The zero-order valence-electron chi connectivity index (χ0n) is 14.6. The number of fused-ring (bicyclic) bond motifs is 1. The maximum Gasteiger partial charge on any atom is 0.280 e. The molecule has 1 saturated heterocycles. The number of carbonyl (C=O) groups is 1. The molecule has 0 unspecified atom stereocenters. The van der Waals surface area contributed by atoms with E-state index < -0.39 is 6.43 Å². The van der Waals surface area contributed by atoms with Crippen LogP contribution in [0, 0.1) is 0 Å². The topological polar surface area (TPSA) is 79.5 Å². The van der Waals surface area contributed by atoms with Crippen LogP contribution < -0.4 is 4.90 Å². The minimum Gasteiger partial charge on any atom is -0.353 e. The Morgan fingerprint density at radius 3 is 2.67 bits per heavy atom. The van der Waals surface area contributed by atoms with Crippen LogP contribution in [0.15, 0.2) is 30.9 Å². The number of rotatable bonds is 3. The standard InChI is InChI=1S/C17H17F2N7O/c1-11(27)24-4-6-25(7-5-24)15-8-14(20-10-21-15)12-9-22-26-3-2-13(16(18)19)23-17(12)26/h2-3,8-10,16H,4-7H2,1H3. The van der Waals surface area contributed by atoms with Gasteiger partial charge in [0, 0.05) is 45.4 Å². The first-order valence-corrected chi connectivity index (χ1v) is 8.48. The van der Waals surface area contributed by atoms with Crippen LogP contribution in [0.3, 0.4) is 0 Å². The van der Waals surface area contributed by atoms with Gasteiger partial charge in [-0.3, -0.25) is 4.79 Å². The number of hydrogen-bond acceptors (Lipinski definition) is 6. The van der Waals surface area contributed by atoms with Crippen LogP contribution in [0.2, 0.25) is 0 Å². The van der Waals surface area contributed by atoms with Crippen LogP contribution in [0.5, 0.6) is 0 Å². The zero-order chi connectivity index (χ0) is 19.0. The van der Waals surface area contributed by atoms with Crippen molar-refractivity contribution in [3.63, 3.8) is 0 Å². The molecule has 3 aromatic heterocycles. The third kappa shape index (κ3) is 3.29. The summed E-state index contributed by atoms with van der Waals surface area (Å²) in [5.74, 6) is 0.776. The van der Waals surface area contributed by atoms with E-state index in [-0.39, 0.29) is 11.6 Å². The number of amides is 1. The second-order valence-electron chi connectivity index (χ2n) is 6.23. The van der Waals surface area contributed by atoms with E-state index in [0.717, 1.165) is 0 Å². The second-order valence-corrected chi connectivity index (χ2v) is 6.23. The summed E-state index contributed by atoms with van der Waals surface area (Å²) in [5.41, 5.74) is 1.13. The van der Waals surface area contributed by atoms with Gasteiger partial charge in [0.2, 0.25) is 5.91 Å². The van der Waals surface area contributed by atoms with Crippen molar-refractivity contribution >= 4 is 17.4 Å². The lowest BCUT2D eigenvalue weighted by Gasteiger charge is -2.34. The maximum absolute atomic E-state index is 13.0. The van der Waals surface area contributed by atoms with Crippen molar-refractivity contribution in [2.24, 2.45) is 0 Å². The number of nitrogens with zero attached hydrogens (tertiary/aromatic N) is 7. The fourth-order valence-corrected chi connectivity index (χ4v) is 3.10. The van der Waals surface area contributed by atoms with Crippen LogP contribution >= 0.6 is 0 Å². The van der Waals surface area contributed by atoms with E-state index >= 15 is 0 Å². The van der Waals surface area contributed by atoms with E-state index in [9.17, 15) is 13.6 Å². The summed E-state index contributed by atoms with van der Waals surface area (Å²) in [5, 5.41) is 4.16. The number of carbonyl (C=O) groups excluding carboxylic acids is 1. The zero-order valence-corrected chi connectivity index (χ0v) is 14.6. The van der Waals surface area contributed by atoms with Crippen molar-refractivity contribution in [2.45, 2.75) is 13.3 Å². The summed E-state index contributed by atoms with van der Waals surface area (Å²) < 4.78 is 27.4. The largest absolute Gasteiger partial charge is 0.353 e. The van der Waals surface area contributed by atoms with Gasteiger partial charge in [-0.15, -0.1) is 0 Å². The Hall–Kier alpha value is -3.17. The molecule has 140 valence electrons. The molecule has 27 heavy (non-hydrogen) atoms. The van der Waals surface area contributed by atoms with Crippen molar-refractivity contribution in [1.82, 2.24) is 29.5 Å². The highest BCUT2D eigenvalue weighted by Crippen LogP contribution is 2.26. The van der Waals surface area contributed by atoms with Crippen molar-refractivity contribution in [3.05, 3.63) is 36.5 Å². The molecule has 0 saturated carbocycles. The lowest BCUT2D eigenvalue weighted by Crippen LogP contribution is -2.48. The third-order valence-electron chi connectivity index (χ3n) is 4.59. The first kappa shape index (κ1) is 17.3. The fourth-order valence-electron chi connectivity index (χ4n) is 3.10. The Morgan fingerprint density at radius 2 is 1.96 bits per heavy atom. The quantitative estimate of drug-likeness (QED) is 0.697. The van der Waals surface area contributed by atoms with Gasteiger partial charge in [0.1, 0.15) is 17.8 Å². The monoisotopic (exact) mass is 373 g/mol. The third-order valence-corrected chi connectivity index (χ3v) is 4.59. The van der Waals surface area contributed by atoms with Crippen LogP contribution in [0.25, 0.3) is 16.9 Å². The summed E-state index contributed by atoms with van der Waals surface area (Å²) >= 11 is 0. The lowest BCUT2D eigenvalue weighted by atomic mass is 10.2. The number of aromatic nitrogens is 5. The van der Waals surface area contributed by atoms with Crippen molar-refractivity contribution < 1.29 is 13.6 Å². The molecule has 0 N–H and O–H groups in total. The SMILES string of the molecule is CC(=O)N1CCN(c2cc(-c3cnn4ccc(C(F)F)nc34)ncn2)CC1. The highest BCUT2D eigenvalue weighted by molar-refractivity contribution is 5.76. The van der Waals surface area contributed by atoms with Gasteiger partial charge >= 0.3 is 0 Å². The predicted octanol–water partition coefficient (Wildman–Crippen LogP) is 1.79. The summed E-state index contributed by atoms with van der Waals surface area (Å²) in [7, 11) is 0. The highest BCUT2D eigenvalue weighted by Gasteiger charge is 2.21. The molecule has 4 heterocycles. The van der Waals surface area contributed by atoms with Crippen LogP contribution in [-0.4, -0.2) is 61.6 Å². The Kier molecular flexibility index (Phi) is 4.38. The highest BCUT2D eigenvalue weighted by atomic mass is 19.3. The first-order valence-electron chi connectivity index (χ1n) is 8.48. The Morgan fingerprint density at radius 1 is 1.19 bits per heavy atom. The molecular formula is C17H17F2N7O. The molecule has 0 aliphatic carbocycles. The molecule has 0 bridgehead atoms. The van der Waals surface area contributed by atoms with Gasteiger partial charge in [0.25, 0.3) is 6.43 Å². The minimum absolute atomic E-state index is 0.0605. The number of halogens is 2. The molecule has 1 aliphatic heterocycles. The molecule has 0 aromatic carbocycles. The predicted molar refractivity (Wildman–Crippen MR) is 93.4 cm³/mol. The van der Waals surface area contributed by atoms with E-state index in [2.05, 4.69) is 25.0 Å². The van der Waals surface area contributed by atoms with E-state index in [1.165, 1.54) is 23.1 Å². The molecule has 1 aliphatic rings. The summed E-state index contributed by atoms with van der Waals surface area (Å²) in [4.78, 5) is 27.9. The summed E-state index contributed by atoms with van der Waals surface area (Å²) in [6.07, 6.45) is 1.78. The Bertz CT molecular complexity index is 982. The number of anilines is 1. The molecule has 1 amide bonds. The van der Waals surface area contributed by atoms with Crippen molar-refractivity contribution in [1.29, 1.82) is 0 Å². The van der Waals surface area contributed by atoms with Crippen LogP contribution in [-0.2, 0) is 4.79 Å². The van der Waals surface area contributed by atoms with Gasteiger partial charge in [-0.05, 0) is 6.07 Å². The van der Waals surface area contributed by atoms with E-state index in [1.807, 2.05) is 0 Å². The smallest absolute Gasteiger partial charge is 0.280 e. The number of hydrogen-bond donors (Lipinski definition) is 0. The van der Waals surface area contributed by atoms with Crippen molar-refractivity contribution in [2.75, 3.05) is 31.1 Å². The summed E-state index contributed by atoms with van der Waals surface area (Å²) in [6, 6.07) is 3.03. The van der Waals surface area contributed by atoms with Gasteiger partial charge in [-0.25, -0.2) is 28.2 Å². The molecule has 1 fully saturated rings. The molecule has 8 nitrogen and oxygen atoms in total. The van der Waals surface area contributed by atoms with Gasteiger partial charge in [-0.2, -0.15) is 5.10 Å². The molecule has 3 aromatic rings. The van der Waals surface area contributed by atoms with Gasteiger partial charge in [0.05, 0.1) is 17.5 Å². The minimum atomic E-state index is -2.66. The molecular weight excluding hydrogens is 356 g/mol. The van der Waals surface area contributed by atoms with Crippen molar-refractivity contribution in [3.8, 4) is 11.3 Å². The van der Waals surface area contributed by atoms with Gasteiger partial charge in [0.15, 0.2) is 5.65 Å². The normalized spacial score (nSPS) is 15.0. The molecule has 4 rings (SSSR count). The number of alkyl halides is 2. The fraction of sp³-hybridized carbons (Fsp3) is 0.353. The average molecular weight is 373 g/mol. The van der Waals surface area contributed by atoms with E-state index in [1.54, 1.807) is 24.1 Å². The average Bonchev–Trinajstić information content (AvgIpc) is 3.11. The van der Waals surface area contributed by atoms with E-state index in [4.69, 9.17) is 0 Å².